The molecule has 7 saturated heterocycles. The Balaban J connectivity index is 0.706. The van der Waals surface area contributed by atoms with Crippen molar-refractivity contribution in [3.8, 4) is 0 Å². The van der Waals surface area contributed by atoms with Crippen molar-refractivity contribution in [2.75, 3.05) is 33.0 Å². The zero-order valence-electron chi connectivity index (χ0n) is 61.7. The van der Waals surface area contributed by atoms with Gasteiger partial charge in [-0.3, -0.25) is 4.79 Å². The van der Waals surface area contributed by atoms with Crippen molar-refractivity contribution >= 4 is 5.97 Å². The first kappa shape index (κ1) is 83.4. The standard InChI is InChI=1S/C72H118O34/c1-27-40(77)33(22-73)98-65(55(27)102-60-50(87)46(83)41(78)28(2)95-60)105-58-43(80)32(76)25-93-64(58)101-39-14-15-69(8)37(68(39,6)7)13-16-71(10)38(69)12-11-30-31-21-67(4,5)17-19-72(31,20-18-70(30,71)9)66(92)106-62-52(89)48(85)45(82)36(100-62)26-94-59-53(90)49(86)56(35(24-75)99-59)103-63-54(91)57(42(79)29(3)96-63)104-61-51(88)47(84)44(81)34(23-74)97-61/h11,27-29,31-65,73-91H,12-26H2,1-10H3. The Bertz CT molecular complexity index is 3000. The molecule has 0 bridgehead atoms. The lowest BCUT2D eigenvalue weighted by molar-refractivity contribution is -0.387. The fourth-order valence-electron chi connectivity index (χ4n) is 20.7. The molecule has 34 nitrogen and oxygen atoms in total. The normalized spacial score (nSPS) is 54.6. The lowest BCUT2D eigenvalue weighted by Crippen LogP contribution is -2.66. The van der Waals surface area contributed by atoms with Gasteiger partial charge in [-0.15, -0.1) is 0 Å². The molecule has 106 heavy (non-hydrogen) atoms. The minimum atomic E-state index is -2.00. The molecule has 34 heteroatoms. The summed E-state index contributed by atoms with van der Waals surface area (Å²) in [6.45, 7) is 16.9. The highest BCUT2D eigenvalue weighted by Gasteiger charge is 2.71. The smallest absolute Gasteiger partial charge is 0.315 e. The third-order valence-electron chi connectivity index (χ3n) is 27.6. The number of aliphatic hydroxyl groups is 19. The SMILES string of the molecule is CC1OC(OC2C(OC3C(OC4CCC5(C)C(CCC6(C)C5CC=C5C7CC(C)(C)CCC7(C(=O)OC7OC(COC8OC(CO)C(OC9OC(C)C(O)C(OC%10OC(CO)C(O)C(O)C%10O)C9O)C(O)C8O)C(O)C(O)C7O)CCC56C)C4(C)C)OCC(O)C3O)OC(CO)C(O)C2C)C(O)C(O)C1O. The predicted octanol–water partition coefficient (Wildman–Crippen LogP) is -4.59. The van der Waals surface area contributed by atoms with E-state index < -0.39 is 263 Å². The molecule has 0 spiro atoms. The molecule has 5 aliphatic carbocycles. The van der Waals surface area contributed by atoms with Crippen molar-refractivity contribution in [2.24, 2.45) is 56.2 Å². The first-order valence-corrected chi connectivity index (χ1v) is 37.8. The van der Waals surface area contributed by atoms with E-state index in [4.69, 9.17) is 66.3 Å². The van der Waals surface area contributed by atoms with Crippen LogP contribution < -0.4 is 0 Å². The van der Waals surface area contributed by atoms with Crippen LogP contribution in [0.3, 0.4) is 0 Å². The lowest BCUT2D eigenvalue weighted by atomic mass is 9.33. The Kier molecular flexibility index (Phi) is 24.9. The van der Waals surface area contributed by atoms with E-state index in [1.165, 1.54) is 19.4 Å². The number of hydrogen-bond donors (Lipinski definition) is 19. The number of aliphatic hydroxyl groups excluding tert-OH is 19. The van der Waals surface area contributed by atoms with Crippen LogP contribution in [-0.2, 0) is 71.1 Å². The fourth-order valence-corrected chi connectivity index (χ4v) is 20.7. The third-order valence-corrected chi connectivity index (χ3v) is 27.6. The van der Waals surface area contributed by atoms with Crippen LogP contribution in [0.2, 0.25) is 0 Å². The van der Waals surface area contributed by atoms with Crippen molar-refractivity contribution < 1.29 is 168 Å². The van der Waals surface area contributed by atoms with Crippen LogP contribution in [0, 0.1) is 56.2 Å². The monoisotopic (exact) mass is 1530 g/mol. The summed E-state index contributed by atoms with van der Waals surface area (Å²) in [5.74, 6) is -1.60. The summed E-state index contributed by atoms with van der Waals surface area (Å²) in [6.07, 6.45) is -45.3. The van der Waals surface area contributed by atoms with E-state index in [1.807, 2.05) is 0 Å². The Morgan fingerprint density at radius 2 is 0.981 bits per heavy atom. The molecular formula is C72H118O34. The number of esters is 1. The van der Waals surface area contributed by atoms with E-state index in [0.717, 1.165) is 19.3 Å². The number of hydrogen-bond acceptors (Lipinski definition) is 34. The Hall–Kier alpha value is -2.07. The quantitative estimate of drug-likeness (QED) is 0.0349. The van der Waals surface area contributed by atoms with Crippen LogP contribution in [-0.4, -0.2) is 345 Å². The summed E-state index contributed by atoms with van der Waals surface area (Å²) in [6, 6.07) is 0. The van der Waals surface area contributed by atoms with Gasteiger partial charge in [0.2, 0.25) is 6.29 Å². The molecule has 11 fully saturated rings. The molecule has 4 saturated carbocycles. The average Bonchev–Trinajstić information content (AvgIpc) is 0.674. The highest BCUT2D eigenvalue weighted by atomic mass is 16.8. The van der Waals surface area contributed by atoms with Crippen LogP contribution in [0.25, 0.3) is 0 Å². The van der Waals surface area contributed by atoms with Crippen LogP contribution in [0.5, 0.6) is 0 Å². The van der Waals surface area contributed by atoms with Gasteiger partial charge in [-0.1, -0.05) is 67.0 Å². The van der Waals surface area contributed by atoms with Crippen molar-refractivity contribution in [1.29, 1.82) is 0 Å². The first-order chi connectivity index (χ1) is 49.7. The Morgan fingerprint density at radius 1 is 0.453 bits per heavy atom. The van der Waals surface area contributed by atoms with Gasteiger partial charge >= 0.3 is 5.97 Å². The second-order valence-electron chi connectivity index (χ2n) is 34.6. The maximum absolute atomic E-state index is 15.4. The molecule has 12 rings (SSSR count). The van der Waals surface area contributed by atoms with Crippen molar-refractivity contribution in [2.45, 2.75) is 342 Å². The van der Waals surface area contributed by atoms with Gasteiger partial charge in [0.25, 0.3) is 0 Å². The predicted molar refractivity (Wildman–Crippen MR) is 355 cm³/mol. The lowest BCUT2D eigenvalue weighted by Gasteiger charge is -2.71. The number of carbonyl (C=O) groups is 1. The molecule has 42 unspecified atom stereocenters. The van der Waals surface area contributed by atoms with E-state index in [1.54, 1.807) is 6.92 Å². The van der Waals surface area contributed by atoms with Gasteiger partial charge in [-0.2, -0.15) is 0 Å². The molecule has 42 atom stereocenters. The van der Waals surface area contributed by atoms with Crippen LogP contribution in [0.15, 0.2) is 11.6 Å². The molecule has 0 aromatic heterocycles. The minimum absolute atomic E-state index is 0.0858. The van der Waals surface area contributed by atoms with Crippen LogP contribution >= 0.6 is 0 Å². The molecule has 0 amide bonds. The second kappa shape index (κ2) is 31.6. The molecule has 7 aliphatic heterocycles. The summed E-state index contributed by atoms with van der Waals surface area (Å²) in [4.78, 5) is 15.4. The molecule has 7 heterocycles. The molecular weight excluding hydrogens is 1410 g/mol. The maximum atomic E-state index is 15.4. The van der Waals surface area contributed by atoms with Gasteiger partial charge in [0.15, 0.2) is 37.7 Å². The number of allylic oxidation sites excluding steroid dienone is 2. The van der Waals surface area contributed by atoms with E-state index in [2.05, 4.69) is 54.5 Å². The van der Waals surface area contributed by atoms with Crippen LogP contribution in [0.1, 0.15) is 133 Å². The molecule has 12 aliphatic rings. The summed E-state index contributed by atoms with van der Waals surface area (Å²) >= 11 is 0. The summed E-state index contributed by atoms with van der Waals surface area (Å²) < 4.78 is 84.6. The summed E-state index contributed by atoms with van der Waals surface area (Å²) in [7, 11) is 0. The molecule has 0 radical (unpaired) electrons. The van der Waals surface area contributed by atoms with Gasteiger partial charge in [-0.25, -0.2) is 0 Å². The Morgan fingerprint density at radius 3 is 1.64 bits per heavy atom. The summed E-state index contributed by atoms with van der Waals surface area (Å²) in [5, 5.41) is 208. The molecule has 0 aromatic rings. The highest BCUT2D eigenvalue weighted by molar-refractivity contribution is 5.79. The second-order valence-corrected chi connectivity index (χ2v) is 34.6. The summed E-state index contributed by atoms with van der Waals surface area (Å²) in [5.41, 5.74) is -1.64. The maximum Gasteiger partial charge on any atom is 0.315 e. The molecule has 19 N–H and O–H groups in total. The average molecular weight is 1530 g/mol. The number of rotatable bonds is 18. The van der Waals surface area contributed by atoms with Crippen molar-refractivity contribution in [1.82, 2.24) is 0 Å². The number of carbonyl (C=O) groups excluding carboxylic acids is 1. The van der Waals surface area contributed by atoms with E-state index in [0.29, 0.717) is 44.9 Å². The highest BCUT2D eigenvalue weighted by Crippen LogP contribution is 2.76. The topological polar surface area (TPSA) is 531 Å². The molecule has 610 valence electrons. The van der Waals surface area contributed by atoms with Gasteiger partial charge < -0.3 is 163 Å². The van der Waals surface area contributed by atoms with Gasteiger partial charge in [0.05, 0.1) is 62.9 Å². The zero-order chi connectivity index (χ0) is 77.3. The molecule has 0 aromatic carbocycles. The minimum Gasteiger partial charge on any atom is -0.432 e. The van der Waals surface area contributed by atoms with E-state index >= 15 is 4.79 Å². The van der Waals surface area contributed by atoms with Crippen molar-refractivity contribution in [3.63, 3.8) is 0 Å². The van der Waals surface area contributed by atoms with Crippen molar-refractivity contribution in [3.05, 3.63) is 11.6 Å². The number of ether oxygens (including phenoxy) is 14. The zero-order valence-corrected chi connectivity index (χ0v) is 61.7. The fraction of sp³-hybridized carbons (Fsp3) is 0.958. The largest absolute Gasteiger partial charge is 0.432 e. The van der Waals surface area contributed by atoms with Gasteiger partial charge in [0.1, 0.15) is 140 Å². The van der Waals surface area contributed by atoms with Gasteiger partial charge in [-0.05, 0) is 123 Å². The van der Waals surface area contributed by atoms with Gasteiger partial charge in [0, 0.05) is 5.92 Å². The number of fused-ring (bicyclic) bond motifs is 7. The third kappa shape index (κ3) is 14.6. The van der Waals surface area contributed by atoms with E-state index in [-0.39, 0.29) is 40.6 Å². The first-order valence-electron chi connectivity index (χ1n) is 37.8. The van der Waals surface area contributed by atoms with Crippen LogP contribution in [0.4, 0.5) is 0 Å². The van der Waals surface area contributed by atoms with E-state index in [9.17, 15) is 97.0 Å². The Labute approximate surface area is 615 Å².